The molecule has 1 fully saturated rings. The average molecular weight is 455 g/mol. The molecule has 0 amide bonds. The van der Waals surface area contributed by atoms with Gasteiger partial charge in [0.2, 0.25) is 0 Å². The first kappa shape index (κ1) is 23.1. The number of ether oxygens (including phenoxy) is 1. The summed E-state index contributed by atoms with van der Waals surface area (Å²) in [5.41, 5.74) is 2.66. The van der Waals surface area contributed by atoms with E-state index in [1.807, 2.05) is 0 Å². The van der Waals surface area contributed by atoms with E-state index in [1.165, 1.54) is 24.3 Å². The van der Waals surface area contributed by atoms with E-state index in [4.69, 9.17) is 9.72 Å². The predicted molar refractivity (Wildman–Crippen MR) is 121 cm³/mol. The molecule has 3 aromatic rings. The second-order valence-electron chi connectivity index (χ2n) is 9.54. The maximum absolute atomic E-state index is 13.7. The Kier molecular flexibility index (Phi) is 6.34. The van der Waals surface area contributed by atoms with E-state index in [-0.39, 0.29) is 23.5 Å². The summed E-state index contributed by atoms with van der Waals surface area (Å²) in [5, 5.41) is 9.98. The molecule has 1 aliphatic heterocycles. The quantitative estimate of drug-likeness (QED) is 0.535. The first-order valence-electron chi connectivity index (χ1n) is 11.1. The van der Waals surface area contributed by atoms with Crippen molar-refractivity contribution in [1.82, 2.24) is 9.55 Å². The summed E-state index contributed by atoms with van der Waals surface area (Å²) in [6.07, 6.45) is -0.190. The fourth-order valence-electron chi connectivity index (χ4n) is 4.26. The summed E-state index contributed by atoms with van der Waals surface area (Å²) in [5.74, 6) is -0.266. The Morgan fingerprint density at radius 1 is 1.03 bits per heavy atom. The van der Waals surface area contributed by atoms with Gasteiger partial charge in [-0.25, -0.2) is 13.8 Å². The van der Waals surface area contributed by atoms with Gasteiger partial charge in [-0.05, 0) is 48.5 Å². The van der Waals surface area contributed by atoms with Crippen molar-refractivity contribution in [2.24, 2.45) is 0 Å². The molecular formula is C26H28F2N2O3. The average Bonchev–Trinajstić information content (AvgIpc) is 3.13. The van der Waals surface area contributed by atoms with Crippen LogP contribution < -0.4 is 0 Å². The van der Waals surface area contributed by atoms with Crippen LogP contribution in [0.4, 0.5) is 8.78 Å². The van der Waals surface area contributed by atoms with Gasteiger partial charge in [-0.3, -0.25) is 4.79 Å². The molecule has 0 aliphatic carbocycles. The molecule has 2 unspecified atom stereocenters. The minimum absolute atomic E-state index is 0.0182. The first-order chi connectivity index (χ1) is 15.6. The van der Waals surface area contributed by atoms with E-state index in [0.29, 0.717) is 25.1 Å². The Balaban J connectivity index is 1.82. The first-order valence-corrected chi connectivity index (χ1v) is 11.1. The highest BCUT2D eigenvalue weighted by Crippen LogP contribution is 2.37. The standard InChI is InChI=1S/C26H28F2N2O3/c1-26(2,3)25-29-23(16-4-8-18(27)9-5-16)24(17-6-10-19(28)11-7-17)30(25)13-12-21-14-20(31)15-22(32)33-21/h4-11,20-21,31H,12-15H2,1-3H3. The maximum Gasteiger partial charge on any atom is 0.308 e. The number of rotatable bonds is 5. The van der Waals surface area contributed by atoms with Crippen molar-refractivity contribution in [2.75, 3.05) is 0 Å². The van der Waals surface area contributed by atoms with Crippen LogP contribution in [0.5, 0.6) is 0 Å². The van der Waals surface area contributed by atoms with Gasteiger partial charge >= 0.3 is 5.97 Å². The number of halogens is 2. The van der Waals surface area contributed by atoms with Crippen LogP contribution in [0.15, 0.2) is 48.5 Å². The van der Waals surface area contributed by atoms with E-state index in [2.05, 4.69) is 25.3 Å². The van der Waals surface area contributed by atoms with Crippen molar-refractivity contribution in [2.45, 2.75) is 64.2 Å². The predicted octanol–water partition coefficient (Wildman–Crippen LogP) is 5.25. The van der Waals surface area contributed by atoms with Gasteiger partial charge in [0.15, 0.2) is 0 Å². The zero-order valence-corrected chi connectivity index (χ0v) is 19.0. The third-order valence-electron chi connectivity index (χ3n) is 5.78. The molecule has 2 heterocycles. The van der Waals surface area contributed by atoms with Gasteiger partial charge in [-0.2, -0.15) is 0 Å². The molecule has 0 bridgehead atoms. The molecule has 1 aliphatic rings. The van der Waals surface area contributed by atoms with Crippen LogP contribution in [-0.2, 0) is 21.5 Å². The Labute approximate surface area is 192 Å². The third-order valence-corrected chi connectivity index (χ3v) is 5.78. The summed E-state index contributed by atoms with van der Waals surface area (Å²) in [6, 6.07) is 12.3. The van der Waals surface area contributed by atoms with Crippen LogP contribution in [0.1, 0.15) is 45.9 Å². The summed E-state index contributed by atoms with van der Waals surface area (Å²) in [6.45, 7) is 6.65. The number of carbonyl (C=O) groups is 1. The number of imidazole rings is 1. The molecule has 1 aromatic heterocycles. The maximum atomic E-state index is 13.7. The highest BCUT2D eigenvalue weighted by atomic mass is 19.1. The molecule has 33 heavy (non-hydrogen) atoms. The van der Waals surface area contributed by atoms with Crippen molar-refractivity contribution in [1.29, 1.82) is 0 Å². The van der Waals surface area contributed by atoms with E-state index >= 15 is 0 Å². The smallest absolute Gasteiger partial charge is 0.308 e. The zero-order valence-electron chi connectivity index (χ0n) is 19.0. The van der Waals surface area contributed by atoms with E-state index in [1.54, 1.807) is 24.3 Å². The molecule has 7 heteroatoms. The molecule has 5 nitrogen and oxygen atoms in total. The number of nitrogens with zero attached hydrogens (tertiary/aromatic N) is 2. The highest BCUT2D eigenvalue weighted by molar-refractivity contribution is 5.79. The Morgan fingerprint density at radius 3 is 2.15 bits per heavy atom. The van der Waals surface area contributed by atoms with Crippen molar-refractivity contribution in [3.63, 3.8) is 0 Å². The molecule has 174 valence electrons. The zero-order chi connectivity index (χ0) is 23.8. The number of cyclic esters (lactones) is 1. The molecule has 4 rings (SSSR count). The van der Waals surface area contributed by atoms with Crippen LogP contribution in [0.25, 0.3) is 22.5 Å². The lowest BCUT2D eigenvalue weighted by molar-refractivity contribution is -0.160. The van der Waals surface area contributed by atoms with Crippen molar-refractivity contribution in [3.05, 3.63) is 66.0 Å². The van der Waals surface area contributed by atoms with Gasteiger partial charge in [0.25, 0.3) is 0 Å². The van der Waals surface area contributed by atoms with E-state index in [0.717, 1.165) is 22.6 Å². The van der Waals surface area contributed by atoms with Gasteiger partial charge in [-0.15, -0.1) is 0 Å². The molecule has 1 saturated heterocycles. The SMILES string of the molecule is CC(C)(C)c1nc(-c2ccc(F)cc2)c(-c2ccc(F)cc2)n1CCC1CC(O)CC(=O)O1. The van der Waals surface area contributed by atoms with Crippen molar-refractivity contribution < 1.29 is 23.4 Å². The fourth-order valence-corrected chi connectivity index (χ4v) is 4.26. The largest absolute Gasteiger partial charge is 0.462 e. The molecule has 1 N–H and O–H groups in total. The number of aliphatic hydroxyl groups excluding tert-OH is 1. The third kappa shape index (κ3) is 5.14. The normalized spacial score (nSPS) is 18.9. The second kappa shape index (κ2) is 9.06. The summed E-state index contributed by atoms with van der Waals surface area (Å²) >= 11 is 0. The molecule has 0 spiro atoms. The van der Waals surface area contributed by atoms with Crippen LogP contribution in [0, 0.1) is 11.6 Å². The monoisotopic (exact) mass is 454 g/mol. The number of aliphatic hydroxyl groups is 1. The van der Waals surface area contributed by atoms with Crippen molar-refractivity contribution >= 4 is 5.97 Å². The van der Waals surface area contributed by atoms with Gasteiger partial charge in [0.1, 0.15) is 23.6 Å². The minimum Gasteiger partial charge on any atom is -0.462 e. The van der Waals surface area contributed by atoms with Crippen LogP contribution >= 0.6 is 0 Å². The number of hydrogen-bond donors (Lipinski definition) is 1. The van der Waals surface area contributed by atoms with Gasteiger partial charge < -0.3 is 14.4 Å². The topological polar surface area (TPSA) is 64.3 Å². The lowest BCUT2D eigenvalue weighted by Gasteiger charge is -2.27. The molecule has 0 saturated carbocycles. The van der Waals surface area contributed by atoms with E-state index < -0.39 is 18.2 Å². The number of carbonyl (C=O) groups excluding carboxylic acids is 1. The molecule has 0 radical (unpaired) electrons. The Morgan fingerprint density at radius 2 is 1.61 bits per heavy atom. The van der Waals surface area contributed by atoms with E-state index in [9.17, 15) is 18.7 Å². The molecule has 2 atom stereocenters. The summed E-state index contributed by atoms with van der Waals surface area (Å²) in [4.78, 5) is 16.8. The fraction of sp³-hybridized carbons (Fsp3) is 0.385. The molecule has 2 aromatic carbocycles. The number of esters is 1. The van der Waals surface area contributed by atoms with Gasteiger partial charge in [-0.1, -0.05) is 20.8 Å². The highest BCUT2D eigenvalue weighted by Gasteiger charge is 2.30. The van der Waals surface area contributed by atoms with Crippen LogP contribution in [0.3, 0.4) is 0 Å². The summed E-state index contributed by atoms with van der Waals surface area (Å²) in [7, 11) is 0. The number of hydrogen-bond acceptors (Lipinski definition) is 4. The number of benzene rings is 2. The van der Waals surface area contributed by atoms with Crippen molar-refractivity contribution in [3.8, 4) is 22.5 Å². The number of aromatic nitrogens is 2. The lowest BCUT2D eigenvalue weighted by atomic mass is 9.95. The van der Waals surface area contributed by atoms with Gasteiger partial charge in [0, 0.05) is 35.9 Å². The van der Waals surface area contributed by atoms with Crippen LogP contribution in [0.2, 0.25) is 0 Å². The Bertz CT molecular complexity index is 1130. The molecular weight excluding hydrogens is 426 g/mol. The Hall–Kier alpha value is -3.06. The second-order valence-corrected chi connectivity index (χ2v) is 9.54. The van der Waals surface area contributed by atoms with Crippen LogP contribution in [-0.4, -0.2) is 32.8 Å². The van der Waals surface area contributed by atoms with Gasteiger partial charge in [0.05, 0.1) is 23.9 Å². The summed E-state index contributed by atoms with van der Waals surface area (Å²) < 4.78 is 34.8. The lowest BCUT2D eigenvalue weighted by Crippen LogP contribution is -2.33. The minimum atomic E-state index is -0.701.